The van der Waals surface area contributed by atoms with Crippen molar-refractivity contribution in [3.05, 3.63) is 49.9 Å². The highest BCUT2D eigenvalue weighted by Crippen LogP contribution is 2.35. The number of rotatable bonds is 7. The molecule has 0 saturated heterocycles. The molecule has 2 rings (SSSR count). The van der Waals surface area contributed by atoms with Gasteiger partial charge in [-0.3, -0.25) is 0 Å². The van der Waals surface area contributed by atoms with Crippen LogP contribution in [0.1, 0.15) is 18.9 Å². The molecular weight excluding hydrogens is 445 g/mol. The van der Waals surface area contributed by atoms with Crippen LogP contribution >= 0.6 is 43.5 Å². The topological polar surface area (TPSA) is 30.5 Å². The molecule has 0 bridgehead atoms. The van der Waals surface area contributed by atoms with Crippen LogP contribution in [0.15, 0.2) is 39.3 Å². The predicted molar refractivity (Wildman–Crippen MR) is 103 cm³/mol. The molecule has 1 N–H and O–H groups in total. The van der Waals surface area contributed by atoms with Crippen LogP contribution in [0.3, 0.4) is 0 Å². The molecule has 6 heteroatoms. The van der Waals surface area contributed by atoms with Crippen LogP contribution in [0.25, 0.3) is 0 Å². The molecule has 0 heterocycles. The van der Waals surface area contributed by atoms with E-state index >= 15 is 0 Å². The number of ether oxygens (including phenoxy) is 2. The molecule has 0 aliphatic rings. The molecule has 0 unspecified atom stereocenters. The first-order chi connectivity index (χ1) is 11.0. The lowest BCUT2D eigenvalue weighted by molar-refractivity contribution is 0.313. The maximum atomic E-state index is 6.13. The van der Waals surface area contributed by atoms with Gasteiger partial charge in [-0.25, -0.2) is 0 Å². The fraction of sp³-hybridized carbons (Fsp3) is 0.294. The summed E-state index contributed by atoms with van der Waals surface area (Å²) >= 11 is 13.3. The van der Waals surface area contributed by atoms with E-state index in [1.54, 1.807) is 7.11 Å². The van der Waals surface area contributed by atoms with Crippen molar-refractivity contribution in [2.24, 2.45) is 0 Å². The van der Waals surface area contributed by atoms with Crippen molar-refractivity contribution in [2.75, 3.05) is 19.0 Å². The molecular formula is C17H18Br2ClNO2. The molecule has 2 aromatic rings. The van der Waals surface area contributed by atoms with E-state index in [-0.39, 0.29) is 0 Å². The maximum absolute atomic E-state index is 6.13. The predicted octanol–water partition coefficient (Wildman–Crippen LogP) is 6.27. The molecule has 2 aromatic carbocycles. The summed E-state index contributed by atoms with van der Waals surface area (Å²) in [7, 11) is 1.60. The van der Waals surface area contributed by atoms with Crippen LogP contribution in [0, 0.1) is 0 Å². The minimum absolute atomic E-state index is 0.586. The summed E-state index contributed by atoms with van der Waals surface area (Å²) in [6.07, 6.45) is 0.973. The van der Waals surface area contributed by atoms with Gasteiger partial charge in [0.1, 0.15) is 11.5 Å². The number of hydrogen-bond donors (Lipinski definition) is 1. The molecule has 0 aromatic heterocycles. The number of anilines is 1. The Kier molecular flexibility index (Phi) is 7.06. The Morgan fingerprint density at radius 1 is 1.13 bits per heavy atom. The molecule has 124 valence electrons. The number of halogens is 3. The van der Waals surface area contributed by atoms with Crippen molar-refractivity contribution in [3.8, 4) is 11.5 Å². The molecule has 0 aliphatic heterocycles. The molecule has 23 heavy (non-hydrogen) atoms. The smallest absolute Gasteiger partial charge is 0.147 e. The Labute approximate surface area is 158 Å². The van der Waals surface area contributed by atoms with E-state index in [0.717, 1.165) is 32.4 Å². The summed E-state index contributed by atoms with van der Waals surface area (Å²) in [4.78, 5) is 0. The molecule has 0 fully saturated rings. The largest absolute Gasteiger partial charge is 0.495 e. The highest BCUT2D eigenvalue weighted by atomic mass is 79.9. The lowest BCUT2D eigenvalue weighted by atomic mass is 10.2. The Morgan fingerprint density at radius 2 is 1.83 bits per heavy atom. The van der Waals surface area contributed by atoms with Crippen molar-refractivity contribution < 1.29 is 9.47 Å². The van der Waals surface area contributed by atoms with E-state index in [9.17, 15) is 0 Å². The second-order valence-corrected chi connectivity index (χ2v) is 7.06. The van der Waals surface area contributed by atoms with Crippen LogP contribution in [0.5, 0.6) is 11.5 Å². The lowest BCUT2D eigenvalue weighted by Gasteiger charge is -2.13. The summed E-state index contributed by atoms with van der Waals surface area (Å²) in [5.74, 6) is 1.50. The van der Waals surface area contributed by atoms with Gasteiger partial charge < -0.3 is 14.8 Å². The summed E-state index contributed by atoms with van der Waals surface area (Å²) in [6, 6.07) is 9.73. The van der Waals surface area contributed by atoms with Gasteiger partial charge in [0.15, 0.2) is 0 Å². The number of benzene rings is 2. The third-order valence-corrected chi connectivity index (χ3v) is 4.63. The normalized spacial score (nSPS) is 10.5. The lowest BCUT2D eigenvalue weighted by Crippen LogP contribution is -2.02. The third-order valence-electron chi connectivity index (χ3n) is 3.16. The van der Waals surface area contributed by atoms with Gasteiger partial charge in [-0.05, 0) is 74.2 Å². The van der Waals surface area contributed by atoms with Gasteiger partial charge in [-0.2, -0.15) is 0 Å². The molecule has 3 nitrogen and oxygen atoms in total. The quantitative estimate of drug-likeness (QED) is 0.525. The first-order valence-corrected chi connectivity index (χ1v) is 9.19. The third kappa shape index (κ3) is 5.03. The SMILES string of the molecule is CCCOc1c(Br)cc(CNc2ccc(OC)c(Cl)c2)cc1Br. The monoisotopic (exact) mass is 461 g/mol. The summed E-state index contributed by atoms with van der Waals surface area (Å²) in [5.41, 5.74) is 2.06. The molecule has 0 amide bonds. The van der Waals surface area contributed by atoms with E-state index in [1.807, 2.05) is 30.3 Å². The Balaban J connectivity index is 2.07. The maximum Gasteiger partial charge on any atom is 0.147 e. The van der Waals surface area contributed by atoms with Crippen molar-refractivity contribution >= 4 is 49.1 Å². The minimum atomic E-state index is 0.586. The summed E-state index contributed by atoms with van der Waals surface area (Å²) < 4.78 is 12.8. The fourth-order valence-electron chi connectivity index (χ4n) is 2.04. The highest BCUT2D eigenvalue weighted by Gasteiger charge is 2.09. The van der Waals surface area contributed by atoms with Crippen LogP contribution in [-0.2, 0) is 6.54 Å². The molecule has 0 spiro atoms. The number of methoxy groups -OCH3 is 1. The second kappa shape index (κ2) is 8.81. The highest BCUT2D eigenvalue weighted by molar-refractivity contribution is 9.11. The second-order valence-electron chi connectivity index (χ2n) is 4.94. The Morgan fingerprint density at radius 3 is 2.39 bits per heavy atom. The zero-order chi connectivity index (χ0) is 16.8. The average molecular weight is 464 g/mol. The number of nitrogens with one attached hydrogen (secondary N) is 1. The van der Waals surface area contributed by atoms with Crippen LogP contribution in [0.2, 0.25) is 5.02 Å². The van der Waals surface area contributed by atoms with Gasteiger partial charge in [0.2, 0.25) is 0 Å². The van der Waals surface area contributed by atoms with Crippen molar-refractivity contribution in [2.45, 2.75) is 19.9 Å². The van der Waals surface area contributed by atoms with Gasteiger partial charge in [0.05, 0.1) is 27.7 Å². The van der Waals surface area contributed by atoms with Gasteiger partial charge in [-0.1, -0.05) is 18.5 Å². The molecule has 0 radical (unpaired) electrons. The van der Waals surface area contributed by atoms with Crippen LogP contribution in [0.4, 0.5) is 5.69 Å². The van der Waals surface area contributed by atoms with E-state index in [1.165, 1.54) is 0 Å². The van der Waals surface area contributed by atoms with Crippen molar-refractivity contribution in [1.29, 1.82) is 0 Å². The van der Waals surface area contributed by atoms with Gasteiger partial charge in [0, 0.05) is 12.2 Å². The zero-order valence-electron chi connectivity index (χ0n) is 13.0. The van der Waals surface area contributed by atoms with E-state index in [4.69, 9.17) is 21.1 Å². The molecule has 0 atom stereocenters. The fourth-order valence-corrected chi connectivity index (χ4v) is 3.80. The van der Waals surface area contributed by atoms with Crippen LogP contribution < -0.4 is 14.8 Å². The summed E-state index contributed by atoms with van der Waals surface area (Å²) in [5, 5.41) is 3.93. The molecule has 0 saturated carbocycles. The Hall–Kier alpha value is -0.910. The molecule has 0 aliphatic carbocycles. The van der Waals surface area contributed by atoms with Gasteiger partial charge in [0.25, 0.3) is 0 Å². The van der Waals surface area contributed by atoms with Crippen molar-refractivity contribution in [3.63, 3.8) is 0 Å². The van der Waals surface area contributed by atoms with E-state index in [0.29, 0.717) is 23.9 Å². The van der Waals surface area contributed by atoms with E-state index in [2.05, 4.69) is 44.1 Å². The first kappa shape index (κ1) is 18.4. The van der Waals surface area contributed by atoms with E-state index < -0.39 is 0 Å². The van der Waals surface area contributed by atoms with Crippen molar-refractivity contribution in [1.82, 2.24) is 0 Å². The first-order valence-electron chi connectivity index (χ1n) is 7.23. The standard InChI is InChI=1S/C17H18Br2ClNO2/c1-3-6-23-17-13(18)7-11(8-14(17)19)10-21-12-4-5-16(22-2)15(20)9-12/h4-5,7-9,21H,3,6,10H2,1-2H3. The average Bonchev–Trinajstić information content (AvgIpc) is 2.52. The zero-order valence-corrected chi connectivity index (χ0v) is 16.9. The summed E-state index contributed by atoms with van der Waals surface area (Å²) in [6.45, 7) is 3.45. The van der Waals surface area contributed by atoms with Gasteiger partial charge >= 0.3 is 0 Å². The minimum Gasteiger partial charge on any atom is -0.495 e. The van der Waals surface area contributed by atoms with Gasteiger partial charge in [-0.15, -0.1) is 0 Å². The van der Waals surface area contributed by atoms with Crippen LogP contribution in [-0.4, -0.2) is 13.7 Å². The Bertz CT molecular complexity index is 657. The number of hydrogen-bond acceptors (Lipinski definition) is 3.